The van der Waals surface area contributed by atoms with Crippen LogP contribution in [0.5, 0.6) is 0 Å². The summed E-state index contributed by atoms with van der Waals surface area (Å²) in [5.41, 5.74) is 5.66. The minimum atomic E-state index is -1.00. The van der Waals surface area contributed by atoms with Gasteiger partial charge in [-0.3, -0.25) is 4.79 Å². The van der Waals surface area contributed by atoms with E-state index in [1.54, 1.807) is 5.38 Å². The molecular formula is C6H7N3O2S. The van der Waals surface area contributed by atoms with Crippen molar-refractivity contribution in [3.05, 3.63) is 16.0 Å². The highest BCUT2D eigenvalue weighted by Gasteiger charge is 2.19. The van der Waals surface area contributed by atoms with E-state index in [0.717, 1.165) is 0 Å². The first kappa shape index (κ1) is 8.79. The van der Waals surface area contributed by atoms with Gasteiger partial charge in [-0.15, -0.1) is 16.2 Å². The summed E-state index contributed by atoms with van der Waals surface area (Å²) in [6.07, 6.45) is 0. The minimum absolute atomic E-state index is 0.324. The quantitative estimate of drug-likeness (QED) is 0.715. The van der Waals surface area contributed by atoms with Gasteiger partial charge in [0.2, 0.25) is 0 Å². The number of nitrogens with zero attached hydrogens (tertiary/aromatic N) is 2. The smallest absolute Gasteiger partial charge is 0.192 e. The number of Topliss-reactive ketones (excluding diaryl/α,β-unsaturated/α-hetero) is 1. The van der Waals surface area contributed by atoms with E-state index in [4.69, 9.17) is 5.73 Å². The first-order valence-corrected chi connectivity index (χ1v) is 4.07. The molecule has 5 nitrogen and oxygen atoms in total. The van der Waals surface area contributed by atoms with Gasteiger partial charge in [0.1, 0.15) is 0 Å². The number of aromatic nitrogens is 1. The van der Waals surface area contributed by atoms with Gasteiger partial charge in [0, 0.05) is 5.38 Å². The molecule has 0 aliphatic rings. The van der Waals surface area contributed by atoms with Crippen molar-refractivity contribution in [2.75, 3.05) is 5.73 Å². The van der Waals surface area contributed by atoms with Crippen molar-refractivity contribution in [2.24, 2.45) is 5.18 Å². The lowest BCUT2D eigenvalue weighted by Crippen LogP contribution is -2.05. The number of hydrogen-bond acceptors (Lipinski definition) is 6. The fourth-order valence-electron chi connectivity index (χ4n) is 0.763. The first-order chi connectivity index (χ1) is 5.65. The van der Waals surface area contributed by atoms with Crippen LogP contribution in [0.4, 0.5) is 5.13 Å². The summed E-state index contributed by atoms with van der Waals surface area (Å²) in [6, 6.07) is -1.00. The van der Waals surface area contributed by atoms with Gasteiger partial charge < -0.3 is 5.73 Å². The Morgan fingerprint density at radius 3 is 2.83 bits per heavy atom. The zero-order valence-corrected chi connectivity index (χ0v) is 7.17. The van der Waals surface area contributed by atoms with Gasteiger partial charge in [0.25, 0.3) is 0 Å². The average Bonchev–Trinajstić information content (AvgIpc) is 2.37. The van der Waals surface area contributed by atoms with Gasteiger partial charge in [-0.2, -0.15) is 0 Å². The predicted octanol–water partition coefficient (Wildman–Crippen LogP) is 1.12. The van der Waals surface area contributed by atoms with Crippen molar-refractivity contribution in [3.8, 4) is 0 Å². The Morgan fingerprint density at radius 2 is 2.50 bits per heavy atom. The molecule has 0 aromatic carbocycles. The maximum Gasteiger partial charge on any atom is 0.192 e. The fourth-order valence-corrected chi connectivity index (χ4v) is 1.34. The van der Waals surface area contributed by atoms with Gasteiger partial charge >= 0.3 is 0 Å². The minimum Gasteiger partial charge on any atom is -0.375 e. The summed E-state index contributed by atoms with van der Waals surface area (Å²) >= 11 is 1.18. The van der Waals surface area contributed by atoms with Crippen LogP contribution in [0.1, 0.15) is 18.7 Å². The van der Waals surface area contributed by atoms with Crippen LogP contribution in [0.3, 0.4) is 0 Å². The van der Waals surface area contributed by atoms with Crippen LogP contribution in [0.15, 0.2) is 10.6 Å². The molecule has 0 amide bonds. The lowest BCUT2D eigenvalue weighted by Gasteiger charge is -1.98. The number of rotatable bonds is 3. The maximum atomic E-state index is 10.8. The molecule has 1 heterocycles. The summed E-state index contributed by atoms with van der Waals surface area (Å²) in [6.45, 7) is 1.29. The second kappa shape index (κ2) is 3.40. The molecule has 6 heteroatoms. The van der Waals surface area contributed by atoms with Crippen LogP contribution >= 0.6 is 11.3 Å². The van der Waals surface area contributed by atoms with E-state index in [9.17, 15) is 9.70 Å². The Bertz CT molecular complexity index is 309. The SMILES string of the molecule is CC(=O)C(N=O)c1csc(N)n1. The van der Waals surface area contributed by atoms with Crippen LogP contribution in [-0.2, 0) is 4.79 Å². The average molecular weight is 185 g/mol. The summed E-state index contributed by atoms with van der Waals surface area (Å²) in [5, 5.41) is 4.55. The van der Waals surface area contributed by atoms with Crippen molar-refractivity contribution in [1.29, 1.82) is 0 Å². The summed E-state index contributed by atoms with van der Waals surface area (Å²) in [5.74, 6) is -0.324. The van der Waals surface area contributed by atoms with Crippen molar-refractivity contribution in [3.63, 3.8) is 0 Å². The molecule has 0 bridgehead atoms. The molecule has 2 N–H and O–H groups in total. The van der Waals surface area contributed by atoms with Crippen LogP contribution < -0.4 is 5.73 Å². The Labute approximate surface area is 72.6 Å². The Hall–Kier alpha value is -1.30. The van der Waals surface area contributed by atoms with Gasteiger partial charge in [-0.25, -0.2) is 4.98 Å². The predicted molar refractivity (Wildman–Crippen MR) is 45.7 cm³/mol. The number of thiazole rings is 1. The van der Waals surface area contributed by atoms with Crippen molar-refractivity contribution in [1.82, 2.24) is 4.98 Å². The largest absolute Gasteiger partial charge is 0.375 e. The number of ketones is 1. The molecule has 12 heavy (non-hydrogen) atoms. The molecular weight excluding hydrogens is 178 g/mol. The van der Waals surface area contributed by atoms with Gasteiger partial charge in [0.15, 0.2) is 17.0 Å². The molecule has 1 aromatic rings. The Kier molecular flexibility index (Phi) is 2.49. The van der Waals surface area contributed by atoms with E-state index in [0.29, 0.717) is 10.8 Å². The number of carbonyl (C=O) groups excluding carboxylic acids is 1. The van der Waals surface area contributed by atoms with E-state index in [1.165, 1.54) is 18.3 Å². The molecule has 0 aliphatic carbocycles. The molecule has 0 saturated heterocycles. The Balaban J connectivity index is 2.94. The normalized spacial score (nSPS) is 12.4. The molecule has 0 saturated carbocycles. The number of carbonyl (C=O) groups is 1. The van der Waals surface area contributed by atoms with Gasteiger partial charge in [-0.05, 0) is 6.92 Å². The van der Waals surface area contributed by atoms with Crippen LogP contribution in [0.2, 0.25) is 0 Å². The number of nitrogen functional groups attached to an aromatic ring is 1. The zero-order valence-electron chi connectivity index (χ0n) is 6.35. The highest BCUT2D eigenvalue weighted by Crippen LogP contribution is 2.21. The maximum absolute atomic E-state index is 10.8. The monoisotopic (exact) mass is 185 g/mol. The molecule has 1 aromatic heterocycles. The second-order valence-corrected chi connectivity index (χ2v) is 3.12. The topological polar surface area (TPSA) is 85.4 Å². The number of anilines is 1. The van der Waals surface area contributed by atoms with E-state index in [1.807, 2.05) is 0 Å². The number of nitrogens with two attached hydrogens (primary N) is 1. The summed E-state index contributed by atoms with van der Waals surface area (Å²) in [4.78, 5) is 24.8. The van der Waals surface area contributed by atoms with E-state index in [2.05, 4.69) is 10.2 Å². The summed E-state index contributed by atoms with van der Waals surface area (Å²) < 4.78 is 0. The fraction of sp³-hybridized carbons (Fsp3) is 0.333. The van der Waals surface area contributed by atoms with Crippen LogP contribution in [0.25, 0.3) is 0 Å². The number of hydrogen-bond donors (Lipinski definition) is 1. The third kappa shape index (κ3) is 1.65. The van der Waals surface area contributed by atoms with E-state index in [-0.39, 0.29) is 5.78 Å². The molecule has 0 fully saturated rings. The van der Waals surface area contributed by atoms with E-state index >= 15 is 0 Å². The Morgan fingerprint density at radius 1 is 1.83 bits per heavy atom. The third-order valence-corrected chi connectivity index (χ3v) is 2.00. The molecule has 0 spiro atoms. The van der Waals surface area contributed by atoms with Crippen molar-refractivity contribution < 1.29 is 4.79 Å². The molecule has 1 rings (SSSR count). The lowest BCUT2D eigenvalue weighted by molar-refractivity contribution is -0.118. The first-order valence-electron chi connectivity index (χ1n) is 3.19. The molecule has 1 unspecified atom stereocenters. The molecule has 64 valence electrons. The number of nitroso groups, excluding NO2 is 1. The van der Waals surface area contributed by atoms with E-state index < -0.39 is 6.04 Å². The third-order valence-electron chi connectivity index (χ3n) is 1.31. The van der Waals surface area contributed by atoms with Crippen LogP contribution in [-0.4, -0.2) is 10.8 Å². The zero-order chi connectivity index (χ0) is 9.14. The van der Waals surface area contributed by atoms with Crippen LogP contribution in [0, 0.1) is 4.91 Å². The van der Waals surface area contributed by atoms with Gasteiger partial charge in [0.05, 0.1) is 5.69 Å². The summed E-state index contributed by atoms with van der Waals surface area (Å²) in [7, 11) is 0. The molecule has 0 radical (unpaired) electrons. The second-order valence-electron chi connectivity index (χ2n) is 2.23. The van der Waals surface area contributed by atoms with Gasteiger partial charge in [-0.1, -0.05) is 5.18 Å². The lowest BCUT2D eigenvalue weighted by atomic mass is 10.2. The van der Waals surface area contributed by atoms with Crippen molar-refractivity contribution >= 4 is 22.3 Å². The van der Waals surface area contributed by atoms with Crippen molar-refractivity contribution in [2.45, 2.75) is 13.0 Å². The molecule has 0 aliphatic heterocycles. The highest BCUT2D eigenvalue weighted by molar-refractivity contribution is 7.13. The standard InChI is InChI=1S/C6H7N3O2S/c1-3(10)5(9-11)4-2-12-6(7)8-4/h2,5H,1H3,(H2,7,8). The molecule has 1 atom stereocenters. The highest BCUT2D eigenvalue weighted by atomic mass is 32.1.